The highest BCUT2D eigenvalue weighted by Gasteiger charge is 2.45. The topological polar surface area (TPSA) is 67.9 Å². The molecule has 5 nitrogen and oxygen atoms in total. The first-order chi connectivity index (χ1) is 9.87. The van der Waals surface area contributed by atoms with Crippen molar-refractivity contribution >= 4 is 11.9 Å². The van der Waals surface area contributed by atoms with Crippen molar-refractivity contribution in [2.24, 2.45) is 10.7 Å². The summed E-state index contributed by atoms with van der Waals surface area (Å²) in [7, 11) is 0. The summed E-state index contributed by atoms with van der Waals surface area (Å²) in [6.07, 6.45) is -3.21. The van der Waals surface area contributed by atoms with Crippen LogP contribution >= 0.6 is 0 Å². The fraction of sp³-hybridized carbons (Fsp3) is 0.385. The quantitative estimate of drug-likeness (QED) is 0.932. The van der Waals surface area contributed by atoms with Crippen molar-refractivity contribution in [3.63, 3.8) is 0 Å². The minimum Gasteiger partial charge on any atom is -0.405 e. The maximum atomic E-state index is 12.5. The van der Waals surface area contributed by atoms with Gasteiger partial charge in [0.1, 0.15) is 17.6 Å². The Balaban J connectivity index is 1.99. The highest BCUT2D eigenvalue weighted by atomic mass is 19.4. The number of nitrogens with zero attached hydrogens (tertiary/aromatic N) is 2. The van der Waals surface area contributed by atoms with Gasteiger partial charge in [0.25, 0.3) is 0 Å². The molecule has 0 bridgehead atoms. The Hall–Kier alpha value is -2.25. The Morgan fingerprint density at radius 1 is 1.29 bits per heavy atom. The molecule has 21 heavy (non-hydrogen) atoms. The largest absolute Gasteiger partial charge is 0.573 e. The number of rotatable bonds is 3. The van der Waals surface area contributed by atoms with Crippen LogP contribution in [0.1, 0.15) is 24.4 Å². The lowest BCUT2D eigenvalue weighted by molar-refractivity contribution is -0.275. The van der Waals surface area contributed by atoms with Gasteiger partial charge in [-0.05, 0) is 18.9 Å². The van der Waals surface area contributed by atoms with Crippen LogP contribution in [0.4, 0.5) is 18.0 Å². The number of ether oxygens (including phenoxy) is 1. The number of carbonyl (C=O) groups excluding carboxylic acids is 1. The van der Waals surface area contributed by atoms with Gasteiger partial charge in [0, 0.05) is 11.6 Å². The van der Waals surface area contributed by atoms with Gasteiger partial charge in [-0.1, -0.05) is 18.2 Å². The predicted molar refractivity (Wildman–Crippen MR) is 67.7 cm³/mol. The van der Waals surface area contributed by atoms with E-state index in [9.17, 15) is 18.0 Å². The average molecular weight is 299 g/mol. The molecule has 2 amide bonds. The molecule has 1 atom stereocenters. The lowest BCUT2D eigenvalue weighted by Crippen LogP contribution is -2.35. The van der Waals surface area contributed by atoms with Crippen LogP contribution in [0.25, 0.3) is 0 Å². The van der Waals surface area contributed by atoms with Crippen molar-refractivity contribution in [2.75, 3.05) is 0 Å². The highest BCUT2D eigenvalue weighted by molar-refractivity contribution is 6.03. The molecule has 1 aromatic rings. The van der Waals surface area contributed by atoms with Gasteiger partial charge < -0.3 is 15.4 Å². The molecule has 0 spiro atoms. The Morgan fingerprint density at radius 2 is 1.95 bits per heavy atom. The summed E-state index contributed by atoms with van der Waals surface area (Å²) in [5.74, 6) is -0.376. The number of carbonyl (C=O) groups is 1. The normalized spacial score (nSPS) is 22.4. The SMILES string of the molecule is NC1=NC(=O)N(C2CC2)C1c1ccccc1OC(F)(F)F. The van der Waals surface area contributed by atoms with Crippen molar-refractivity contribution in [3.05, 3.63) is 29.8 Å². The van der Waals surface area contributed by atoms with Gasteiger partial charge >= 0.3 is 12.4 Å². The Kier molecular flexibility index (Phi) is 3.03. The summed E-state index contributed by atoms with van der Waals surface area (Å²) in [6.45, 7) is 0. The maximum absolute atomic E-state index is 12.5. The predicted octanol–water partition coefficient (Wildman–Crippen LogP) is 2.58. The van der Waals surface area contributed by atoms with Crippen molar-refractivity contribution in [2.45, 2.75) is 31.3 Å². The van der Waals surface area contributed by atoms with Gasteiger partial charge in [-0.2, -0.15) is 4.99 Å². The highest BCUT2D eigenvalue weighted by Crippen LogP contribution is 2.41. The number of hydrogen-bond donors (Lipinski definition) is 1. The van der Waals surface area contributed by atoms with E-state index in [1.165, 1.54) is 23.1 Å². The first-order valence-corrected chi connectivity index (χ1v) is 6.38. The van der Waals surface area contributed by atoms with E-state index in [-0.39, 0.29) is 23.2 Å². The molecule has 1 aliphatic heterocycles. The van der Waals surface area contributed by atoms with Gasteiger partial charge in [0.2, 0.25) is 0 Å². The van der Waals surface area contributed by atoms with Crippen LogP contribution in [0.3, 0.4) is 0 Å². The first kappa shape index (κ1) is 13.7. The van der Waals surface area contributed by atoms with E-state index in [4.69, 9.17) is 5.73 Å². The number of hydrogen-bond acceptors (Lipinski definition) is 3. The molecule has 3 rings (SSSR count). The molecule has 1 aromatic carbocycles. The molecule has 1 saturated carbocycles. The van der Waals surface area contributed by atoms with E-state index in [1.54, 1.807) is 6.07 Å². The monoisotopic (exact) mass is 299 g/mol. The second-order valence-corrected chi connectivity index (χ2v) is 4.95. The number of amides is 2. The molecule has 1 heterocycles. The summed E-state index contributed by atoms with van der Waals surface area (Å²) in [5.41, 5.74) is 5.93. The zero-order valence-corrected chi connectivity index (χ0v) is 10.8. The molecular weight excluding hydrogens is 287 g/mol. The number of nitrogens with two attached hydrogens (primary N) is 1. The molecule has 2 aliphatic rings. The molecule has 0 aromatic heterocycles. The molecular formula is C13H12F3N3O2. The van der Waals surface area contributed by atoms with Crippen molar-refractivity contribution in [3.8, 4) is 5.75 Å². The number of amidine groups is 1. The molecule has 0 radical (unpaired) electrons. The molecule has 1 aliphatic carbocycles. The third-order valence-electron chi connectivity index (χ3n) is 3.38. The fourth-order valence-corrected chi connectivity index (χ4v) is 2.44. The number of urea groups is 1. The minimum atomic E-state index is -4.81. The molecule has 2 N–H and O–H groups in total. The third kappa shape index (κ3) is 2.65. The van der Waals surface area contributed by atoms with Crippen molar-refractivity contribution in [1.29, 1.82) is 0 Å². The molecule has 8 heteroatoms. The van der Waals surface area contributed by atoms with E-state index in [0.29, 0.717) is 0 Å². The number of aliphatic imine (C=N–C) groups is 1. The van der Waals surface area contributed by atoms with E-state index < -0.39 is 18.4 Å². The average Bonchev–Trinajstić information content (AvgIpc) is 3.14. The van der Waals surface area contributed by atoms with Crippen LogP contribution in [0, 0.1) is 0 Å². The molecule has 0 saturated heterocycles. The summed E-state index contributed by atoms with van der Waals surface area (Å²) < 4.78 is 41.5. The van der Waals surface area contributed by atoms with E-state index in [2.05, 4.69) is 9.73 Å². The summed E-state index contributed by atoms with van der Waals surface area (Å²) in [4.78, 5) is 16.9. The smallest absolute Gasteiger partial charge is 0.405 e. The summed E-state index contributed by atoms with van der Waals surface area (Å²) >= 11 is 0. The van der Waals surface area contributed by atoms with Gasteiger partial charge in [-0.3, -0.25) is 0 Å². The Labute approximate surface area is 118 Å². The van der Waals surface area contributed by atoms with Crippen LogP contribution in [-0.4, -0.2) is 29.2 Å². The van der Waals surface area contributed by atoms with E-state index >= 15 is 0 Å². The zero-order chi connectivity index (χ0) is 15.2. The van der Waals surface area contributed by atoms with Gasteiger partial charge in [0.15, 0.2) is 0 Å². The van der Waals surface area contributed by atoms with Gasteiger partial charge in [0.05, 0.1) is 0 Å². The molecule has 112 valence electrons. The number of benzene rings is 1. The van der Waals surface area contributed by atoms with Gasteiger partial charge in [-0.25, -0.2) is 4.79 Å². The van der Waals surface area contributed by atoms with Gasteiger partial charge in [-0.15, -0.1) is 13.2 Å². The lowest BCUT2D eigenvalue weighted by atomic mass is 10.0. The van der Waals surface area contributed by atoms with Crippen LogP contribution in [0.5, 0.6) is 5.75 Å². The van der Waals surface area contributed by atoms with Crippen LogP contribution in [0.2, 0.25) is 0 Å². The maximum Gasteiger partial charge on any atom is 0.573 e. The fourth-order valence-electron chi connectivity index (χ4n) is 2.44. The van der Waals surface area contributed by atoms with Crippen molar-refractivity contribution in [1.82, 2.24) is 4.90 Å². The van der Waals surface area contributed by atoms with Crippen LogP contribution in [-0.2, 0) is 0 Å². The number of para-hydroxylation sites is 1. The summed E-state index contributed by atoms with van der Waals surface area (Å²) in [6, 6.07) is 4.32. The number of halogens is 3. The lowest BCUT2D eigenvalue weighted by Gasteiger charge is -2.26. The Bertz CT molecular complexity index is 611. The van der Waals surface area contributed by atoms with Crippen LogP contribution in [0.15, 0.2) is 29.3 Å². The number of alkyl halides is 3. The summed E-state index contributed by atoms with van der Waals surface area (Å²) in [5, 5.41) is 0. The van der Waals surface area contributed by atoms with E-state index in [0.717, 1.165) is 12.8 Å². The zero-order valence-electron chi connectivity index (χ0n) is 10.8. The second-order valence-electron chi connectivity index (χ2n) is 4.95. The minimum absolute atomic E-state index is 0.00914. The van der Waals surface area contributed by atoms with E-state index in [1.807, 2.05) is 0 Å². The third-order valence-corrected chi connectivity index (χ3v) is 3.38. The first-order valence-electron chi connectivity index (χ1n) is 6.38. The van der Waals surface area contributed by atoms with Crippen molar-refractivity contribution < 1.29 is 22.7 Å². The Morgan fingerprint density at radius 3 is 2.57 bits per heavy atom. The molecule has 1 unspecified atom stereocenters. The second kappa shape index (κ2) is 4.64. The molecule has 1 fully saturated rings. The van der Waals surface area contributed by atoms with Crippen LogP contribution < -0.4 is 10.5 Å². The standard InChI is InChI=1S/C13H12F3N3O2/c14-13(15,16)21-9-4-2-1-3-8(9)10-11(17)18-12(20)19(10)7-5-6-7/h1-4,7,10H,5-6H2,(H2,17,18,20).